The maximum atomic E-state index is 12.9. The highest BCUT2D eigenvalue weighted by molar-refractivity contribution is 5.70. The van der Waals surface area contributed by atoms with Crippen molar-refractivity contribution in [3.05, 3.63) is 134 Å². The Kier molecular flexibility index (Phi) is 56.0. The van der Waals surface area contributed by atoms with Crippen molar-refractivity contribution in [1.29, 1.82) is 0 Å². The highest BCUT2D eigenvalue weighted by Gasteiger charge is 2.17. The first kappa shape index (κ1) is 66.0. The Balaban J connectivity index is 4.44. The van der Waals surface area contributed by atoms with E-state index in [0.717, 1.165) is 103 Å². The van der Waals surface area contributed by atoms with Crippen LogP contribution in [0.2, 0.25) is 0 Å². The lowest BCUT2D eigenvalue weighted by Gasteiger charge is -2.18. The largest absolute Gasteiger partial charge is 0.462 e. The van der Waals surface area contributed by atoms with Gasteiger partial charge in [-0.15, -0.1) is 0 Å². The summed E-state index contributed by atoms with van der Waals surface area (Å²) in [6.07, 6.45) is 84.8. The standard InChI is InChI=1S/C65H106O5/c1-4-7-10-13-16-19-22-25-28-31-33-35-37-40-43-46-49-52-55-58-64(66)69-62-63(61-68-60-57-54-51-48-45-42-39-36-32-29-26-23-20-17-14-11-8-5-2)70-65(67)59-56-53-50-47-44-41-38-34-30-27-24-21-18-15-12-9-6-3/h7-8,10-11,16-21,25-30,33,35,40,43,49,52,63H,4-6,9,12-15,22-24,31-32,34,36-39,41-42,44-48,50-51,53-62H2,1-3H3/b10-7-,11-8-,19-16-,20-17-,21-18-,28-25-,29-26-,30-27-,35-33-,43-40-,52-49-. The van der Waals surface area contributed by atoms with E-state index in [1.54, 1.807) is 0 Å². The molecule has 396 valence electrons. The number of hydrogen-bond donors (Lipinski definition) is 0. The number of ether oxygens (including phenoxy) is 3. The molecule has 1 unspecified atom stereocenters. The van der Waals surface area contributed by atoms with Gasteiger partial charge in [-0.25, -0.2) is 0 Å². The summed E-state index contributed by atoms with van der Waals surface area (Å²) >= 11 is 0. The van der Waals surface area contributed by atoms with Crippen molar-refractivity contribution in [2.75, 3.05) is 19.8 Å². The zero-order valence-corrected chi connectivity index (χ0v) is 45.5. The third-order valence-electron chi connectivity index (χ3n) is 11.7. The van der Waals surface area contributed by atoms with E-state index >= 15 is 0 Å². The molecule has 0 aromatic rings. The van der Waals surface area contributed by atoms with E-state index in [4.69, 9.17) is 14.2 Å². The number of esters is 2. The maximum Gasteiger partial charge on any atom is 0.306 e. The summed E-state index contributed by atoms with van der Waals surface area (Å²) in [6.45, 7) is 7.47. The Morgan fingerprint density at radius 2 is 0.671 bits per heavy atom. The first-order valence-electron chi connectivity index (χ1n) is 28.7. The zero-order valence-electron chi connectivity index (χ0n) is 45.5. The summed E-state index contributed by atoms with van der Waals surface area (Å²) in [7, 11) is 0. The fourth-order valence-corrected chi connectivity index (χ4v) is 7.46. The minimum atomic E-state index is -0.586. The van der Waals surface area contributed by atoms with Crippen LogP contribution in [0.25, 0.3) is 0 Å². The van der Waals surface area contributed by atoms with Crippen molar-refractivity contribution < 1.29 is 23.8 Å². The van der Waals surface area contributed by atoms with Crippen molar-refractivity contribution in [1.82, 2.24) is 0 Å². The Morgan fingerprint density at radius 1 is 0.329 bits per heavy atom. The topological polar surface area (TPSA) is 61.8 Å². The minimum absolute atomic E-state index is 0.0308. The van der Waals surface area contributed by atoms with Gasteiger partial charge in [0.15, 0.2) is 6.10 Å². The predicted octanol–water partition coefficient (Wildman–Crippen LogP) is 19.9. The van der Waals surface area contributed by atoms with Crippen LogP contribution in [0.4, 0.5) is 0 Å². The van der Waals surface area contributed by atoms with Gasteiger partial charge in [0.1, 0.15) is 6.61 Å². The third-order valence-corrected chi connectivity index (χ3v) is 11.7. The van der Waals surface area contributed by atoms with Gasteiger partial charge < -0.3 is 14.2 Å². The lowest BCUT2D eigenvalue weighted by molar-refractivity contribution is -0.162. The van der Waals surface area contributed by atoms with E-state index in [-0.39, 0.29) is 25.2 Å². The van der Waals surface area contributed by atoms with Gasteiger partial charge in [0.2, 0.25) is 0 Å². The van der Waals surface area contributed by atoms with Gasteiger partial charge in [0.25, 0.3) is 0 Å². The summed E-state index contributed by atoms with van der Waals surface area (Å²) in [5.74, 6) is -0.512. The predicted molar refractivity (Wildman–Crippen MR) is 306 cm³/mol. The van der Waals surface area contributed by atoms with Crippen LogP contribution in [0, 0.1) is 0 Å². The molecule has 0 saturated heterocycles. The zero-order chi connectivity index (χ0) is 50.6. The molecule has 0 radical (unpaired) electrons. The fourth-order valence-electron chi connectivity index (χ4n) is 7.46. The monoisotopic (exact) mass is 967 g/mol. The van der Waals surface area contributed by atoms with E-state index < -0.39 is 6.10 Å². The van der Waals surface area contributed by atoms with Crippen LogP contribution >= 0.6 is 0 Å². The number of hydrogen-bond acceptors (Lipinski definition) is 5. The highest BCUT2D eigenvalue weighted by Crippen LogP contribution is 2.13. The molecule has 1 atom stereocenters. The second kappa shape index (κ2) is 59.3. The average Bonchev–Trinajstić information content (AvgIpc) is 3.36. The van der Waals surface area contributed by atoms with Crippen LogP contribution in [0.3, 0.4) is 0 Å². The van der Waals surface area contributed by atoms with E-state index in [0.29, 0.717) is 25.9 Å². The summed E-state index contributed by atoms with van der Waals surface area (Å²) < 4.78 is 17.4. The molecule has 0 amide bonds. The first-order valence-corrected chi connectivity index (χ1v) is 28.7. The summed E-state index contributed by atoms with van der Waals surface area (Å²) in [5.41, 5.74) is 0. The Labute approximate surface area is 432 Å². The lowest BCUT2D eigenvalue weighted by Crippen LogP contribution is -2.30. The molecule has 0 fully saturated rings. The quantitative estimate of drug-likeness (QED) is 0.0345. The van der Waals surface area contributed by atoms with Crippen LogP contribution < -0.4 is 0 Å². The van der Waals surface area contributed by atoms with Crippen molar-refractivity contribution in [2.24, 2.45) is 0 Å². The highest BCUT2D eigenvalue weighted by atomic mass is 16.6. The molecule has 70 heavy (non-hydrogen) atoms. The van der Waals surface area contributed by atoms with Crippen LogP contribution in [-0.2, 0) is 23.8 Å². The Morgan fingerprint density at radius 3 is 1.09 bits per heavy atom. The number of unbranched alkanes of at least 4 members (excludes halogenated alkanes) is 18. The molecule has 0 N–H and O–H groups in total. The molecule has 0 saturated carbocycles. The van der Waals surface area contributed by atoms with Gasteiger partial charge in [-0.2, -0.15) is 0 Å². The molecular weight excluding hydrogens is 861 g/mol. The van der Waals surface area contributed by atoms with Gasteiger partial charge in [0, 0.05) is 19.4 Å². The normalized spacial score (nSPS) is 13.2. The van der Waals surface area contributed by atoms with Crippen LogP contribution in [-0.4, -0.2) is 37.9 Å². The molecule has 0 heterocycles. The van der Waals surface area contributed by atoms with E-state index in [1.165, 1.54) is 96.3 Å². The number of allylic oxidation sites excluding steroid dienone is 22. The van der Waals surface area contributed by atoms with Gasteiger partial charge in [0.05, 0.1) is 6.61 Å². The van der Waals surface area contributed by atoms with Gasteiger partial charge in [-0.05, 0) is 122 Å². The molecule has 5 nitrogen and oxygen atoms in total. The SMILES string of the molecule is CC/C=C\C/C=C\C/C=C\C/C=C\C/C=C\C/C=C\CCC(=O)OCC(COCCCCCCCCCC/C=C\C/C=C\C/C=C\CC)OC(=O)CCCCCCCCC/C=C\C/C=C\CCCCC. The molecule has 0 rings (SSSR count). The summed E-state index contributed by atoms with van der Waals surface area (Å²) in [4.78, 5) is 25.5. The number of carbonyl (C=O) groups is 2. The maximum absolute atomic E-state index is 12.9. The van der Waals surface area contributed by atoms with E-state index in [9.17, 15) is 9.59 Å². The van der Waals surface area contributed by atoms with Crippen LogP contribution in [0.15, 0.2) is 134 Å². The second-order valence-corrected chi connectivity index (χ2v) is 18.4. The molecule has 0 spiro atoms. The number of carbonyl (C=O) groups excluding carboxylic acids is 2. The summed E-state index contributed by atoms with van der Waals surface area (Å²) in [5, 5.41) is 0. The van der Waals surface area contributed by atoms with Gasteiger partial charge >= 0.3 is 11.9 Å². The van der Waals surface area contributed by atoms with Crippen molar-refractivity contribution in [3.63, 3.8) is 0 Å². The number of rotatable bonds is 51. The molecular formula is C65H106O5. The third kappa shape index (κ3) is 56.6. The first-order chi connectivity index (χ1) is 34.6. The smallest absolute Gasteiger partial charge is 0.306 e. The Bertz CT molecular complexity index is 1470. The Hall–Kier alpha value is -3.96. The molecule has 5 heteroatoms. The molecule has 0 aliphatic heterocycles. The van der Waals surface area contributed by atoms with Crippen LogP contribution in [0.5, 0.6) is 0 Å². The van der Waals surface area contributed by atoms with Crippen LogP contribution in [0.1, 0.15) is 239 Å². The van der Waals surface area contributed by atoms with Crippen molar-refractivity contribution in [2.45, 2.75) is 245 Å². The second-order valence-electron chi connectivity index (χ2n) is 18.4. The molecule has 0 aromatic carbocycles. The van der Waals surface area contributed by atoms with Gasteiger partial charge in [-0.3, -0.25) is 9.59 Å². The lowest BCUT2D eigenvalue weighted by atomic mass is 10.1. The molecule has 0 aliphatic rings. The average molecular weight is 968 g/mol. The fraction of sp³-hybridized carbons (Fsp3) is 0.631. The minimum Gasteiger partial charge on any atom is -0.462 e. The summed E-state index contributed by atoms with van der Waals surface area (Å²) in [6, 6.07) is 0. The van der Waals surface area contributed by atoms with E-state index in [2.05, 4.69) is 148 Å². The molecule has 0 aliphatic carbocycles. The van der Waals surface area contributed by atoms with Gasteiger partial charge in [-0.1, -0.05) is 238 Å². The van der Waals surface area contributed by atoms with Crippen molar-refractivity contribution >= 4 is 11.9 Å². The van der Waals surface area contributed by atoms with E-state index in [1.807, 2.05) is 6.08 Å². The van der Waals surface area contributed by atoms with Crippen molar-refractivity contribution in [3.8, 4) is 0 Å². The molecule has 0 bridgehead atoms. The molecule has 0 aromatic heterocycles.